The second-order valence-corrected chi connectivity index (χ2v) is 4.49. The summed E-state index contributed by atoms with van der Waals surface area (Å²) in [7, 11) is 0. The molecular formula is C17H13NO2. The highest BCUT2D eigenvalue weighted by Crippen LogP contribution is 2.26. The molecule has 0 aliphatic rings. The minimum Gasteiger partial charge on any atom is -0.423 e. The van der Waals surface area contributed by atoms with E-state index in [1.54, 1.807) is 36.4 Å². The molecule has 98 valence electrons. The number of rotatable bonds is 2. The minimum absolute atomic E-state index is 0.376. The van der Waals surface area contributed by atoms with Gasteiger partial charge >= 0.3 is 5.97 Å². The van der Waals surface area contributed by atoms with Crippen molar-refractivity contribution in [1.82, 2.24) is 0 Å². The lowest BCUT2D eigenvalue weighted by molar-refractivity contribution is 0.0735. The normalized spacial score (nSPS) is 10.4. The molecule has 0 aliphatic heterocycles. The maximum atomic E-state index is 12.0. The largest absolute Gasteiger partial charge is 0.423 e. The fourth-order valence-corrected chi connectivity index (χ4v) is 2.08. The molecule has 3 aromatic carbocycles. The highest BCUT2D eigenvalue weighted by Gasteiger charge is 2.08. The Balaban J connectivity index is 1.92. The highest BCUT2D eigenvalue weighted by molar-refractivity contribution is 5.95. The van der Waals surface area contributed by atoms with Gasteiger partial charge in [-0.1, -0.05) is 36.4 Å². The summed E-state index contributed by atoms with van der Waals surface area (Å²) in [5, 5.41) is 1.90. The van der Waals surface area contributed by atoms with Crippen LogP contribution in [0.15, 0.2) is 66.7 Å². The summed E-state index contributed by atoms with van der Waals surface area (Å²) < 4.78 is 5.37. The Morgan fingerprint density at radius 3 is 2.50 bits per heavy atom. The third kappa shape index (κ3) is 2.34. The number of carbonyl (C=O) groups is 1. The summed E-state index contributed by atoms with van der Waals surface area (Å²) in [6.07, 6.45) is 0. The number of carbonyl (C=O) groups excluding carboxylic acids is 1. The van der Waals surface area contributed by atoms with Crippen molar-refractivity contribution in [2.45, 2.75) is 0 Å². The summed E-state index contributed by atoms with van der Waals surface area (Å²) in [6.45, 7) is 0. The van der Waals surface area contributed by atoms with Gasteiger partial charge in [-0.3, -0.25) is 0 Å². The Kier molecular flexibility index (Phi) is 3.09. The standard InChI is InChI=1S/C17H13NO2/c18-16-8-4-7-12-9-10-14(11-15(12)16)20-17(19)13-5-2-1-3-6-13/h1-11H,18H2. The lowest BCUT2D eigenvalue weighted by Gasteiger charge is -2.07. The van der Waals surface area contributed by atoms with Crippen molar-refractivity contribution in [3.8, 4) is 5.75 Å². The molecule has 20 heavy (non-hydrogen) atoms. The summed E-state index contributed by atoms with van der Waals surface area (Å²) >= 11 is 0. The van der Waals surface area contributed by atoms with Gasteiger partial charge in [0.2, 0.25) is 0 Å². The molecule has 2 N–H and O–H groups in total. The Morgan fingerprint density at radius 1 is 0.900 bits per heavy atom. The molecular weight excluding hydrogens is 250 g/mol. The van der Waals surface area contributed by atoms with Crippen LogP contribution in [0.1, 0.15) is 10.4 Å². The fourth-order valence-electron chi connectivity index (χ4n) is 2.08. The molecule has 3 nitrogen and oxygen atoms in total. The zero-order valence-electron chi connectivity index (χ0n) is 10.7. The fraction of sp³-hybridized carbons (Fsp3) is 0. The van der Waals surface area contributed by atoms with E-state index in [0.717, 1.165) is 10.8 Å². The second-order valence-electron chi connectivity index (χ2n) is 4.49. The Bertz CT molecular complexity index is 766. The van der Waals surface area contributed by atoms with Gasteiger partial charge in [0.1, 0.15) is 5.75 Å². The molecule has 0 saturated heterocycles. The van der Waals surface area contributed by atoms with Gasteiger partial charge in [0.15, 0.2) is 0 Å². The Hall–Kier alpha value is -2.81. The zero-order chi connectivity index (χ0) is 13.9. The van der Waals surface area contributed by atoms with E-state index in [9.17, 15) is 4.79 Å². The number of benzene rings is 3. The topological polar surface area (TPSA) is 52.3 Å². The molecule has 0 saturated carbocycles. The summed E-state index contributed by atoms with van der Waals surface area (Å²) in [5.41, 5.74) is 7.12. The first-order valence-corrected chi connectivity index (χ1v) is 6.29. The number of nitrogens with two attached hydrogens (primary N) is 1. The number of esters is 1. The van der Waals surface area contributed by atoms with Crippen molar-refractivity contribution < 1.29 is 9.53 Å². The van der Waals surface area contributed by atoms with E-state index in [1.807, 2.05) is 30.3 Å². The first-order valence-electron chi connectivity index (χ1n) is 6.29. The molecule has 0 unspecified atom stereocenters. The monoisotopic (exact) mass is 263 g/mol. The summed E-state index contributed by atoms with van der Waals surface area (Å²) in [5.74, 6) is 0.115. The quantitative estimate of drug-likeness (QED) is 0.436. The average molecular weight is 263 g/mol. The lowest BCUT2D eigenvalue weighted by atomic mass is 10.1. The second kappa shape index (κ2) is 5.05. The molecule has 0 atom stereocenters. The zero-order valence-corrected chi connectivity index (χ0v) is 10.7. The number of fused-ring (bicyclic) bond motifs is 1. The Labute approximate surface area is 116 Å². The van der Waals surface area contributed by atoms with Gasteiger partial charge in [-0.05, 0) is 35.7 Å². The van der Waals surface area contributed by atoms with Crippen LogP contribution in [0.5, 0.6) is 5.75 Å². The van der Waals surface area contributed by atoms with Gasteiger partial charge in [0.05, 0.1) is 5.56 Å². The van der Waals surface area contributed by atoms with Gasteiger partial charge in [-0.15, -0.1) is 0 Å². The molecule has 3 heteroatoms. The van der Waals surface area contributed by atoms with Crippen LogP contribution < -0.4 is 10.5 Å². The molecule has 3 aromatic rings. The molecule has 0 heterocycles. The van der Waals surface area contributed by atoms with E-state index < -0.39 is 0 Å². The predicted octanol–water partition coefficient (Wildman–Crippen LogP) is 3.64. The highest BCUT2D eigenvalue weighted by atomic mass is 16.5. The maximum absolute atomic E-state index is 12.0. The molecule has 0 spiro atoms. The van der Waals surface area contributed by atoms with Crippen LogP contribution in [0.4, 0.5) is 5.69 Å². The number of nitrogen functional groups attached to an aromatic ring is 1. The molecule has 0 amide bonds. The maximum Gasteiger partial charge on any atom is 0.343 e. The molecule has 0 aromatic heterocycles. The first-order chi connectivity index (χ1) is 9.74. The van der Waals surface area contributed by atoms with Gasteiger partial charge in [0.25, 0.3) is 0 Å². The third-order valence-corrected chi connectivity index (χ3v) is 3.11. The van der Waals surface area contributed by atoms with Gasteiger partial charge in [-0.2, -0.15) is 0 Å². The van der Waals surface area contributed by atoms with Crippen LogP contribution in [0.25, 0.3) is 10.8 Å². The third-order valence-electron chi connectivity index (χ3n) is 3.11. The number of ether oxygens (including phenoxy) is 1. The van der Waals surface area contributed by atoms with E-state index in [0.29, 0.717) is 17.0 Å². The van der Waals surface area contributed by atoms with Crippen molar-refractivity contribution >= 4 is 22.4 Å². The number of anilines is 1. The molecule has 0 aliphatic carbocycles. The predicted molar refractivity (Wildman–Crippen MR) is 79.8 cm³/mol. The Morgan fingerprint density at radius 2 is 1.70 bits per heavy atom. The van der Waals surface area contributed by atoms with E-state index in [2.05, 4.69) is 0 Å². The van der Waals surface area contributed by atoms with E-state index in [4.69, 9.17) is 10.5 Å². The van der Waals surface area contributed by atoms with E-state index in [-0.39, 0.29) is 5.97 Å². The summed E-state index contributed by atoms with van der Waals surface area (Å²) in [4.78, 5) is 12.0. The molecule has 0 bridgehead atoms. The van der Waals surface area contributed by atoms with Crippen molar-refractivity contribution in [2.75, 3.05) is 5.73 Å². The van der Waals surface area contributed by atoms with Crippen LogP contribution in [0.2, 0.25) is 0 Å². The van der Waals surface area contributed by atoms with Crippen molar-refractivity contribution in [2.24, 2.45) is 0 Å². The number of hydrogen-bond acceptors (Lipinski definition) is 3. The van der Waals surface area contributed by atoms with Crippen LogP contribution in [-0.2, 0) is 0 Å². The van der Waals surface area contributed by atoms with Crippen molar-refractivity contribution in [3.63, 3.8) is 0 Å². The molecule has 0 radical (unpaired) electrons. The SMILES string of the molecule is Nc1cccc2ccc(OC(=O)c3ccccc3)cc12. The van der Waals surface area contributed by atoms with E-state index in [1.165, 1.54) is 0 Å². The summed E-state index contributed by atoms with van der Waals surface area (Å²) in [6, 6.07) is 20.0. The minimum atomic E-state index is -0.376. The molecule has 0 fully saturated rings. The average Bonchev–Trinajstić information content (AvgIpc) is 2.49. The van der Waals surface area contributed by atoms with Crippen LogP contribution in [0.3, 0.4) is 0 Å². The van der Waals surface area contributed by atoms with Gasteiger partial charge in [-0.25, -0.2) is 4.79 Å². The van der Waals surface area contributed by atoms with Crippen LogP contribution in [-0.4, -0.2) is 5.97 Å². The van der Waals surface area contributed by atoms with Crippen molar-refractivity contribution in [3.05, 3.63) is 72.3 Å². The first kappa shape index (κ1) is 12.2. The number of hydrogen-bond donors (Lipinski definition) is 1. The van der Waals surface area contributed by atoms with Crippen LogP contribution >= 0.6 is 0 Å². The van der Waals surface area contributed by atoms with Gasteiger partial charge < -0.3 is 10.5 Å². The van der Waals surface area contributed by atoms with Gasteiger partial charge in [0, 0.05) is 11.1 Å². The van der Waals surface area contributed by atoms with Crippen LogP contribution in [0, 0.1) is 0 Å². The lowest BCUT2D eigenvalue weighted by Crippen LogP contribution is -2.08. The van der Waals surface area contributed by atoms with E-state index >= 15 is 0 Å². The smallest absolute Gasteiger partial charge is 0.343 e. The van der Waals surface area contributed by atoms with Crippen molar-refractivity contribution in [1.29, 1.82) is 0 Å². The molecule has 3 rings (SSSR count).